The van der Waals surface area contributed by atoms with Gasteiger partial charge >= 0.3 is 0 Å². The van der Waals surface area contributed by atoms with Crippen LogP contribution in [0.3, 0.4) is 0 Å². The van der Waals surface area contributed by atoms with E-state index >= 15 is 0 Å². The van der Waals surface area contributed by atoms with Crippen molar-refractivity contribution in [3.63, 3.8) is 0 Å². The summed E-state index contributed by atoms with van der Waals surface area (Å²) >= 11 is 1.61. The van der Waals surface area contributed by atoms with Gasteiger partial charge < -0.3 is 10.2 Å². The fourth-order valence-electron chi connectivity index (χ4n) is 1.69. The van der Waals surface area contributed by atoms with E-state index in [4.69, 9.17) is 10.2 Å². The van der Waals surface area contributed by atoms with E-state index in [2.05, 4.69) is 0 Å². The second-order valence-electron chi connectivity index (χ2n) is 3.76. The summed E-state index contributed by atoms with van der Waals surface area (Å²) in [6.45, 7) is -0.171. The second kappa shape index (κ2) is 6.43. The molecular weight excluding hydrogens is 200 g/mol. The number of Topliss-reactive ketones (excluding diaryl/α,β-unsaturated/α-hetero) is 1. The lowest BCUT2D eigenvalue weighted by atomic mass is 10.1. The molecule has 3 nitrogen and oxygen atoms in total. The van der Waals surface area contributed by atoms with Gasteiger partial charge in [-0.2, -0.15) is 11.8 Å². The summed E-state index contributed by atoms with van der Waals surface area (Å²) in [6, 6.07) is 0. The van der Waals surface area contributed by atoms with E-state index in [1.165, 1.54) is 0 Å². The largest absolute Gasteiger partial charge is 0.394 e. The summed E-state index contributed by atoms with van der Waals surface area (Å²) in [4.78, 5) is 11.3. The summed E-state index contributed by atoms with van der Waals surface area (Å²) < 4.78 is 0. The van der Waals surface area contributed by atoms with E-state index < -0.39 is 6.10 Å². The Labute approximate surface area is 88.9 Å². The molecule has 2 unspecified atom stereocenters. The minimum Gasteiger partial charge on any atom is -0.394 e. The molecule has 14 heavy (non-hydrogen) atoms. The molecule has 0 bridgehead atoms. The molecule has 1 aliphatic rings. The minimum absolute atomic E-state index is 0.171. The first-order valence-electron chi connectivity index (χ1n) is 5.13. The van der Waals surface area contributed by atoms with Gasteiger partial charge in [0.05, 0.1) is 12.7 Å². The topological polar surface area (TPSA) is 57.5 Å². The Morgan fingerprint density at radius 2 is 2.36 bits per heavy atom. The molecule has 0 radical (unpaired) electrons. The van der Waals surface area contributed by atoms with Crippen molar-refractivity contribution in [3.8, 4) is 0 Å². The normalized spacial score (nSPS) is 24.1. The fourth-order valence-corrected chi connectivity index (χ4v) is 2.69. The Morgan fingerprint density at radius 3 is 2.93 bits per heavy atom. The fraction of sp³-hybridized carbons (Fsp3) is 0.900. The number of rotatable bonds is 6. The van der Waals surface area contributed by atoms with Crippen LogP contribution in [0.5, 0.6) is 0 Å². The number of thioether (sulfide) groups is 1. The summed E-state index contributed by atoms with van der Waals surface area (Å²) in [6.07, 6.45) is 3.17. The van der Waals surface area contributed by atoms with Crippen LogP contribution in [0.2, 0.25) is 0 Å². The molecule has 0 spiro atoms. The van der Waals surface area contributed by atoms with Crippen LogP contribution in [0.15, 0.2) is 0 Å². The van der Waals surface area contributed by atoms with Gasteiger partial charge in [-0.25, -0.2) is 0 Å². The van der Waals surface area contributed by atoms with Crippen LogP contribution in [0, 0.1) is 5.92 Å². The molecule has 1 aliphatic carbocycles. The lowest BCUT2D eigenvalue weighted by Crippen LogP contribution is -2.15. The Morgan fingerprint density at radius 1 is 1.57 bits per heavy atom. The highest BCUT2D eigenvalue weighted by Crippen LogP contribution is 2.25. The van der Waals surface area contributed by atoms with Gasteiger partial charge in [0, 0.05) is 18.1 Å². The SMILES string of the molecule is O=C1CCCC1CCSCC(O)CO. The third kappa shape index (κ3) is 3.98. The molecule has 2 atom stereocenters. The summed E-state index contributed by atoms with van der Waals surface area (Å²) in [5.74, 6) is 2.16. The third-order valence-electron chi connectivity index (χ3n) is 2.56. The van der Waals surface area contributed by atoms with Crippen molar-refractivity contribution < 1.29 is 15.0 Å². The molecule has 0 aromatic rings. The van der Waals surface area contributed by atoms with Gasteiger partial charge in [-0.15, -0.1) is 0 Å². The Balaban J connectivity index is 2.01. The van der Waals surface area contributed by atoms with Crippen molar-refractivity contribution >= 4 is 17.5 Å². The monoisotopic (exact) mass is 218 g/mol. The molecule has 1 saturated carbocycles. The standard InChI is InChI=1S/C10H18O3S/c11-6-9(12)7-14-5-4-8-2-1-3-10(8)13/h8-9,11-12H,1-7H2. The summed E-state index contributed by atoms with van der Waals surface area (Å²) in [5, 5.41) is 17.6. The lowest BCUT2D eigenvalue weighted by molar-refractivity contribution is -0.120. The average molecular weight is 218 g/mol. The van der Waals surface area contributed by atoms with Crippen LogP contribution in [0.1, 0.15) is 25.7 Å². The molecule has 0 saturated heterocycles. The van der Waals surface area contributed by atoms with Gasteiger partial charge in [0.15, 0.2) is 0 Å². The van der Waals surface area contributed by atoms with Gasteiger partial charge in [-0.3, -0.25) is 4.79 Å². The molecule has 1 fully saturated rings. The first kappa shape index (κ1) is 12.0. The number of hydrogen-bond acceptors (Lipinski definition) is 4. The van der Waals surface area contributed by atoms with E-state index in [1.807, 2.05) is 0 Å². The zero-order valence-corrected chi connectivity index (χ0v) is 9.13. The maximum absolute atomic E-state index is 11.3. The van der Waals surface area contributed by atoms with Crippen LogP contribution in [-0.2, 0) is 4.79 Å². The number of aliphatic hydroxyl groups excluding tert-OH is 2. The van der Waals surface area contributed by atoms with Crippen LogP contribution in [0.4, 0.5) is 0 Å². The maximum atomic E-state index is 11.3. The van der Waals surface area contributed by atoms with Crippen LogP contribution in [0.25, 0.3) is 0 Å². The molecule has 0 heterocycles. The average Bonchev–Trinajstić information content (AvgIpc) is 2.58. The van der Waals surface area contributed by atoms with Gasteiger partial charge in [-0.1, -0.05) is 0 Å². The van der Waals surface area contributed by atoms with Crippen molar-refractivity contribution in [2.45, 2.75) is 31.8 Å². The van der Waals surface area contributed by atoms with Crippen molar-refractivity contribution in [2.24, 2.45) is 5.92 Å². The summed E-state index contributed by atoms with van der Waals surface area (Å²) in [7, 11) is 0. The molecule has 0 aromatic carbocycles. The molecular formula is C10H18O3S. The van der Waals surface area contributed by atoms with E-state index in [0.717, 1.165) is 31.4 Å². The molecule has 2 N–H and O–H groups in total. The lowest BCUT2D eigenvalue weighted by Gasteiger charge is -2.09. The van der Waals surface area contributed by atoms with E-state index in [1.54, 1.807) is 11.8 Å². The Bertz CT molecular complexity index is 184. The Hall–Kier alpha value is -0.0600. The first-order valence-corrected chi connectivity index (χ1v) is 6.29. The quantitative estimate of drug-likeness (QED) is 0.648. The molecule has 0 amide bonds. The smallest absolute Gasteiger partial charge is 0.136 e. The predicted octanol–water partition coefficient (Wildman–Crippen LogP) is 0.832. The number of carbonyl (C=O) groups excluding carboxylic acids is 1. The van der Waals surface area contributed by atoms with Crippen LogP contribution in [-0.4, -0.2) is 40.2 Å². The van der Waals surface area contributed by atoms with Crippen LogP contribution >= 0.6 is 11.8 Å². The highest BCUT2D eigenvalue weighted by molar-refractivity contribution is 7.99. The van der Waals surface area contributed by atoms with Crippen LogP contribution < -0.4 is 0 Å². The number of carbonyl (C=O) groups is 1. The summed E-state index contributed by atoms with van der Waals surface area (Å²) in [5.41, 5.74) is 0. The van der Waals surface area contributed by atoms with Crippen molar-refractivity contribution in [1.82, 2.24) is 0 Å². The highest BCUT2D eigenvalue weighted by atomic mass is 32.2. The zero-order valence-electron chi connectivity index (χ0n) is 8.32. The van der Waals surface area contributed by atoms with Crippen molar-refractivity contribution in [3.05, 3.63) is 0 Å². The second-order valence-corrected chi connectivity index (χ2v) is 4.91. The highest BCUT2D eigenvalue weighted by Gasteiger charge is 2.23. The molecule has 82 valence electrons. The number of hydrogen-bond donors (Lipinski definition) is 2. The predicted molar refractivity (Wildman–Crippen MR) is 57.4 cm³/mol. The molecule has 1 rings (SSSR count). The first-order chi connectivity index (χ1) is 6.74. The van der Waals surface area contributed by atoms with Gasteiger partial charge in [-0.05, 0) is 25.0 Å². The number of ketones is 1. The van der Waals surface area contributed by atoms with Gasteiger partial charge in [0.2, 0.25) is 0 Å². The van der Waals surface area contributed by atoms with E-state index in [0.29, 0.717) is 11.5 Å². The van der Waals surface area contributed by atoms with Gasteiger partial charge in [0.25, 0.3) is 0 Å². The van der Waals surface area contributed by atoms with Gasteiger partial charge in [0.1, 0.15) is 5.78 Å². The maximum Gasteiger partial charge on any atom is 0.136 e. The van der Waals surface area contributed by atoms with E-state index in [-0.39, 0.29) is 12.5 Å². The Kier molecular flexibility index (Phi) is 5.52. The minimum atomic E-state index is -0.612. The molecule has 4 heteroatoms. The van der Waals surface area contributed by atoms with Crippen molar-refractivity contribution in [1.29, 1.82) is 0 Å². The molecule has 0 aromatic heterocycles. The zero-order chi connectivity index (χ0) is 10.4. The van der Waals surface area contributed by atoms with Crippen molar-refractivity contribution in [2.75, 3.05) is 18.1 Å². The van der Waals surface area contributed by atoms with E-state index in [9.17, 15) is 4.79 Å². The number of aliphatic hydroxyl groups is 2. The third-order valence-corrected chi connectivity index (χ3v) is 3.71. The molecule has 0 aliphatic heterocycles.